The maximum atomic E-state index is 12.4. The van der Waals surface area contributed by atoms with Crippen LogP contribution in [-0.2, 0) is 15.3 Å². The van der Waals surface area contributed by atoms with E-state index < -0.39 is 11.9 Å². The minimum absolute atomic E-state index is 0.374. The second-order valence-corrected chi connectivity index (χ2v) is 7.59. The number of carbonyl (C=O) groups is 2. The van der Waals surface area contributed by atoms with Crippen LogP contribution in [0.3, 0.4) is 0 Å². The Morgan fingerprint density at radius 1 is 1.21 bits per heavy atom. The third-order valence-corrected chi connectivity index (χ3v) is 5.02. The smallest absolute Gasteiger partial charge is 0.339 e. The molecule has 1 N–H and O–H groups in total. The van der Waals surface area contributed by atoms with Crippen LogP contribution in [0.5, 0.6) is 0 Å². The number of aryl methyl sites for hydroxylation is 1. The second-order valence-electron chi connectivity index (χ2n) is 5.65. The number of thioether (sulfide) groups is 1. The number of ether oxygens (including phenoxy) is 1. The molecule has 0 saturated carbocycles. The zero-order valence-corrected chi connectivity index (χ0v) is 17.2. The van der Waals surface area contributed by atoms with Crippen molar-refractivity contribution in [3.63, 3.8) is 0 Å². The fourth-order valence-electron chi connectivity index (χ4n) is 2.27. The first-order chi connectivity index (χ1) is 13.5. The molecular formula is C19H16BrN3O4S. The predicted octanol–water partition coefficient (Wildman–Crippen LogP) is 4.23. The van der Waals surface area contributed by atoms with E-state index in [4.69, 9.17) is 9.26 Å². The third-order valence-electron chi connectivity index (χ3n) is 3.47. The van der Waals surface area contributed by atoms with E-state index in [9.17, 15) is 9.59 Å². The summed E-state index contributed by atoms with van der Waals surface area (Å²) in [4.78, 5) is 29.3. The normalized spacial score (nSPS) is 10.5. The number of amides is 1. The minimum Gasteiger partial charge on any atom is -0.452 e. The monoisotopic (exact) mass is 461 g/mol. The van der Waals surface area contributed by atoms with Gasteiger partial charge in [-0.25, -0.2) is 4.79 Å². The van der Waals surface area contributed by atoms with Crippen LogP contribution in [0.1, 0.15) is 22.1 Å². The number of nitrogens with one attached hydrogen (secondary N) is 1. The molecule has 0 saturated heterocycles. The molecule has 0 bridgehead atoms. The van der Waals surface area contributed by atoms with Gasteiger partial charge in [0.1, 0.15) is 0 Å². The van der Waals surface area contributed by atoms with Crippen LogP contribution in [0, 0.1) is 6.92 Å². The first-order valence-electron chi connectivity index (χ1n) is 8.25. The number of rotatable bonds is 7. The Morgan fingerprint density at radius 3 is 2.79 bits per heavy atom. The van der Waals surface area contributed by atoms with Gasteiger partial charge < -0.3 is 14.6 Å². The second kappa shape index (κ2) is 9.52. The average molecular weight is 462 g/mol. The summed E-state index contributed by atoms with van der Waals surface area (Å²) in [6, 6.07) is 14.1. The Morgan fingerprint density at radius 2 is 2.04 bits per heavy atom. The third kappa shape index (κ3) is 5.67. The van der Waals surface area contributed by atoms with Crippen molar-refractivity contribution in [2.24, 2.45) is 0 Å². The molecule has 3 aromatic rings. The Labute approximate surface area is 174 Å². The van der Waals surface area contributed by atoms with E-state index in [1.54, 1.807) is 43.3 Å². The van der Waals surface area contributed by atoms with Gasteiger partial charge >= 0.3 is 5.97 Å². The minimum atomic E-state index is -0.575. The quantitative estimate of drug-likeness (QED) is 0.415. The van der Waals surface area contributed by atoms with E-state index in [2.05, 4.69) is 31.4 Å². The van der Waals surface area contributed by atoms with Crippen molar-refractivity contribution in [2.45, 2.75) is 17.6 Å². The van der Waals surface area contributed by atoms with Crippen LogP contribution < -0.4 is 5.32 Å². The van der Waals surface area contributed by atoms with Gasteiger partial charge in [-0.3, -0.25) is 4.79 Å². The highest BCUT2D eigenvalue weighted by Gasteiger charge is 2.16. The lowest BCUT2D eigenvalue weighted by Crippen LogP contribution is -2.21. The van der Waals surface area contributed by atoms with Gasteiger partial charge in [-0.2, -0.15) is 4.98 Å². The Balaban J connectivity index is 1.57. The average Bonchev–Trinajstić information content (AvgIpc) is 3.10. The van der Waals surface area contributed by atoms with Crippen molar-refractivity contribution in [3.8, 4) is 0 Å². The number of benzene rings is 2. The zero-order valence-electron chi connectivity index (χ0n) is 14.8. The van der Waals surface area contributed by atoms with Crippen LogP contribution in [0.2, 0.25) is 0 Å². The first-order valence-corrected chi connectivity index (χ1v) is 10.0. The molecule has 28 heavy (non-hydrogen) atoms. The van der Waals surface area contributed by atoms with E-state index in [0.717, 1.165) is 4.47 Å². The maximum absolute atomic E-state index is 12.4. The van der Waals surface area contributed by atoms with Crippen molar-refractivity contribution in [3.05, 3.63) is 70.3 Å². The van der Waals surface area contributed by atoms with E-state index in [1.165, 1.54) is 11.8 Å². The number of nitrogens with zero attached hydrogens (tertiary/aromatic N) is 2. The molecular weight excluding hydrogens is 446 g/mol. The number of anilines is 1. The molecule has 7 nitrogen and oxygen atoms in total. The number of carbonyl (C=O) groups excluding carboxylic acids is 2. The van der Waals surface area contributed by atoms with Crippen molar-refractivity contribution in [1.29, 1.82) is 0 Å². The highest BCUT2D eigenvalue weighted by atomic mass is 79.9. The molecule has 1 aromatic heterocycles. The summed E-state index contributed by atoms with van der Waals surface area (Å²) in [5.74, 6) is 0.458. The number of esters is 1. The highest BCUT2D eigenvalue weighted by molar-refractivity contribution is 9.10. The molecule has 0 aliphatic heterocycles. The SMILES string of the molecule is Cc1noc(CSc2ccccc2C(=O)OCC(=O)Nc2cccc(Br)c2)n1. The fourth-order valence-corrected chi connectivity index (χ4v) is 3.55. The number of hydrogen-bond donors (Lipinski definition) is 1. The van der Waals surface area contributed by atoms with Gasteiger partial charge in [0.25, 0.3) is 5.91 Å². The van der Waals surface area contributed by atoms with Gasteiger partial charge in [0.15, 0.2) is 12.4 Å². The Bertz CT molecular complexity index is 993. The van der Waals surface area contributed by atoms with Crippen molar-refractivity contribution in [1.82, 2.24) is 10.1 Å². The van der Waals surface area contributed by atoms with Gasteiger partial charge in [-0.15, -0.1) is 11.8 Å². The van der Waals surface area contributed by atoms with E-state index in [0.29, 0.717) is 33.6 Å². The van der Waals surface area contributed by atoms with Crippen molar-refractivity contribution < 1.29 is 18.8 Å². The summed E-state index contributed by atoms with van der Waals surface area (Å²) in [5.41, 5.74) is 0.986. The largest absolute Gasteiger partial charge is 0.452 e. The lowest BCUT2D eigenvalue weighted by Gasteiger charge is -2.09. The van der Waals surface area contributed by atoms with E-state index >= 15 is 0 Å². The summed E-state index contributed by atoms with van der Waals surface area (Å²) >= 11 is 4.71. The van der Waals surface area contributed by atoms with Crippen LogP contribution in [0.25, 0.3) is 0 Å². The van der Waals surface area contributed by atoms with Gasteiger partial charge in [-0.1, -0.05) is 39.3 Å². The van der Waals surface area contributed by atoms with E-state index in [-0.39, 0.29) is 6.61 Å². The summed E-state index contributed by atoms with van der Waals surface area (Å²) in [6.07, 6.45) is 0. The number of hydrogen-bond acceptors (Lipinski definition) is 7. The van der Waals surface area contributed by atoms with E-state index in [1.807, 2.05) is 12.1 Å². The van der Waals surface area contributed by atoms with Crippen molar-refractivity contribution in [2.75, 3.05) is 11.9 Å². The Hall–Kier alpha value is -2.65. The summed E-state index contributed by atoms with van der Waals surface area (Å²) < 4.78 is 11.1. The molecule has 1 amide bonds. The molecule has 144 valence electrons. The molecule has 2 aromatic carbocycles. The molecule has 9 heteroatoms. The Kier molecular flexibility index (Phi) is 6.83. The van der Waals surface area contributed by atoms with Crippen LogP contribution in [0.15, 0.2) is 62.4 Å². The summed E-state index contributed by atoms with van der Waals surface area (Å²) in [7, 11) is 0. The zero-order chi connectivity index (χ0) is 19.9. The molecule has 0 aliphatic rings. The van der Waals surface area contributed by atoms with Gasteiger partial charge in [0.05, 0.1) is 11.3 Å². The number of halogens is 1. The maximum Gasteiger partial charge on any atom is 0.339 e. The van der Waals surface area contributed by atoms with Crippen molar-refractivity contribution >= 4 is 45.3 Å². The fraction of sp³-hybridized carbons (Fsp3) is 0.158. The highest BCUT2D eigenvalue weighted by Crippen LogP contribution is 2.26. The molecule has 0 spiro atoms. The lowest BCUT2D eigenvalue weighted by atomic mass is 10.2. The van der Waals surface area contributed by atoms with Crippen LogP contribution >= 0.6 is 27.7 Å². The summed E-state index contributed by atoms with van der Waals surface area (Å²) in [5, 5.41) is 6.41. The van der Waals surface area contributed by atoms with Crippen LogP contribution in [-0.4, -0.2) is 28.6 Å². The first kappa shape index (κ1) is 20.1. The van der Waals surface area contributed by atoms with Crippen LogP contribution in [0.4, 0.5) is 5.69 Å². The van der Waals surface area contributed by atoms with Gasteiger partial charge in [-0.05, 0) is 37.3 Å². The topological polar surface area (TPSA) is 94.3 Å². The molecule has 3 rings (SSSR count). The standard InChI is InChI=1S/C19H16BrN3O4S/c1-12-21-18(27-23-12)11-28-16-8-3-2-7-15(16)19(25)26-10-17(24)22-14-6-4-5-13(20)9-14/h2-9H,10-11H2,1H3,(H,22,24). The molecule has 0 aliphatic carbocycles. The molecule has 0 radical (unpaired) electrons. The molecule has 1 heterocycles. The predicted molar refractivity (Wildman–Crippen MR) is 108 cm³/mol. The van der Waals surface area contributed by atoms with Gasteiger partial charge in [0, 0.05) is 15.1 Å². The number of aromatic nitrogens is 2. The molecule has 0 atom stereocenters. The lowest BCUT2D eigenvalue weighted by molar-refractivity contribution is -0.119. The van der Waals surface area contributed by atoms with Gasteiger partial charge in [0.2, 0.25) is 5.89 Å². The molecule has 0 unspecified atom stereocenters. The molecule has 0 fully saturated rings. The summed E-state index contributed by atoms with van der Waals surface area (Å²) in [6.45, 7) is 1.36.